The van der Waals surface area contributed by atoms with Crippen molar-refractivity contribution in [1.29, 1.82) is 0 Å². The number of imide groups is 1. The number of hydrogen-bond acceptors (Lipinski definition) is 4. The van der Waals surface area contributed by atoms with Gasteiger partial charge in [-0.3, -0.25) is 19.6 Å². The molecule has 4 aromatic carbocycles. The Bertz CT molecular complexity index is 2220. The van der Waals surface area contributed by atoms with E-state index in [0.717, 1.165) is 61.0 Å². The Balaban J connectivity index is 1.42. The van der Waals surface area contributed by atoms with Gasteiger partial charge in [0.25, 0.3) is 11.8 Å². The molecule has 0 unspecified atom stereocenters. The van der Waals surface area contributed by atoms with Gasteiger partial charge in [0.05, 0.1) is 44.9 Å². The van der Waals surface area contributed by atoms with E-state index in [0.29, 0.717) is 22.5 Å². The molecule has 8 rings (SSSR count). The van der Waals surface area contributed by atoms with Gasteiger partial charge in [-0.15, -0.1) is 0 Å². The summed E-state index contributed by atoms with van der Waals surface area (Å²) in [4.78, 5) is 39.0. The largest absolute Gasteiger partial charge is 0.308 e. The summed E-state index contributed by atoms with van der Waals surface area (Å²) in [6, 6.07) is 33.9. The van der Waals surface area contributed by atoms with Crippen LogP contribution in [0.1, 0.15) is 37.4 Å². The van der Waals surface area contributed by atoms with Gasteiger partial charge >= 0.3 is 0 Å². The van der Waals surface area contributed by atoms with Gasteiger partial charge in [0.15, 0.2) is 0 Å². The maximum atomic E-state index is 14.4. The number of pyridine rings is 2. The first-order valence-electron chi connectivity index (χ1n) is 14.9. The maximum Gasteiger partial charge on any atom is 0.268 e. The van der Waals surface area contributed by atoms with Crippen LogP contribution in [-0.4, -0.2) is 26.3 Å². The van der Waals surface area contributed by atoms with Crippen LogP contribution < -0.4 is 4.90 Å². The second-order valence-corrected chi connectivity index (χ2v) is 11.6. The highest BCUT2D eigenvalue weighted by Crippen LogP contribution is 2.41. The number of rotatable bonds is 4. The standard InChI is InChI=1S/C39H28N4O2/c1-23-19-24(2)37(25(3)20-23)43-38(44)30-9-8-12-33(36(30)39(43)45)42-34-21-26(31-10-4-6-17-40-31)13-15-28(34)29-16-14-27(22-35(29)42)32-11-5-7-18-41-32/h4-22H,1-3H3. The number of hydrogen-bond donors (Lipinski definition) is 0. The van der Waals surface area contributed by atoms with E-state index >= 15 is 0 Å². The lowest BCUT2D eigenvalue weighted by Gasteiger charge is -2.20. The number of fused-ring (bicyclic) bond motifs is 4. The summed E-state index contributed by atoms with van der Waals surface area (Å²) in [7, 11) is 0. The van der Waals surface area contributed by atoms with Gasteiger partial charge in [-0.2, -0.15) is 0 Å². The maximum absolute atomic E-state index is 14.4. The van der Waals surface area contributed by atoms with Crippen molar-refractivity contribution in [3.63, 3.8) is 0 Å². The zero-order valence-corrected chi connectivity index (χ0v) is 25.1. The van der Waals surface area contributed by atoms with E-state index in [4.69, 9.17) is 0 Å². The van der Waals surface area contributed by atoms with Crippen molar-refractivity contribution in [2.24, 2.45) is 0 Å². The normalized spacial score (nSPS) is 12.8. The van der Waals surface area contributed by atoms with Crippen LogP contribution in [0.5, 0.6) is 0 Å². The molecular formula is C39H28N4O2. The zero-order chi connectivity index (χ0) is 30.8. The predicted molar refractivity (Wildman–Crippen MR) is 179 cm³/mol. The van der Waals surface area contributed by atoms with Gasteiger partial charge in [0.1, 0.15) is 0 Å². The predicted octanol–water partition coefficient (Wildman–Crippen LogP) is 8.63. The Hall–Kier alpha value is -5.88. The Morgan fingerprint density at radius 3 is 1.69 bits per heavy atom. The summed E-state index contributed by atoms with van der Waals surface area (Å²) in [6.07, 6.45) is 3.57. The first-order chi connectivity index (χ1) is 21.9. The molecule has 1 aliphatic rings. The number of aromatic nitrogens is 3. The third-order valence-corrected chi connectivity index (χ3v) is 8.68. The van der Waals surface area contributed by atoms with Crippen molar-refractivity contribution in [2.75, 3.05) is 4.90 Å². The van der Waals surface area contributed by atoms with Crippen molar-refractivity contribution in [3.8, 4) is 28.2 Å². The lowest BCUT2D eigenvalue weighted by atomic mass is 10.0. The van der Waals surface area contributed by atoms with Gasteiger partial charge in [-0.1, -0.05) is 60.2 Å². The highest BCUT2D eigenvalue weighted by molar-refractivity contribution is 6.36. The molecule has 0 spiro atoms. The minimum Gasteiger partial charge on any atom is -0.308 e. The average Bonchev–Trinajstić information content (AvgIpc) is 3.51. The second kappa shape index (κ2) is 10.1. The van der Waals surface area contributed by atoms with Gasteiger partial charge in [-0.05, 0) is 80.4 Å². The van der Waals surface area contributed by atoms with Crippen molar-refractivity contribution in [3.05, 3.63) is 143 Å². The minimum absolute atomic E-state index is 0.309. The lowest BCUT2D eigenvalue weighted by molar-refractivity contribution is 0.0925. The third kappa shape index (κ3) is 4.10. The first kappa shape index (κ1) is 26.7. The number of anilines is 1. The summed E-state index contributed by atoms with van der Waals surface area (Å²) in [5.41, 5.74) is 10.4. The Morgan fingerprint density at radius 2 is 1.16 bits per heavy atom. The van der Waals surface area contributed by atoms with Crippen molar-refractivity contribution in [2.45, 2.75) is 20.8 Å². The van der Waals surface area contributed by atoms with Gasteiger partial charge in [-0.25, -0.2) is 4.90 Å². The molecule has 45 heavy (non-hydrogen) atoms. The molecule has 0 fully saturated rings. The molecule has 6 nitrogen and oxygen atoms in total. The molecule has 216 valence electrons. The van der Waals surface area contributed by atoms with E-state index in [1.807, 2.05) is 81.4 Å². The molecule has 3 aromatic heterocycles. The summed E-state index contributed by atoms with van der Waals surface area (Å²) >= 11 is 0. The highest BCUT2D eigenvalue weighted by Gasteiger charge is 2.40. The first-order valence-corrected chi connectivity index (χ1v) is 14.9. The molecule has 2 amide bonds. The zero-order valence-electron chi connectivity index (χ0n) is 25.1. The Labute approximate surface area is 260 Å². The lowest BCUT2D eigenvalue weighted by Crippen LogP contribution is -2.31. The van der Waals surface area contributed by atoms with Crippen LogP contribution in [0, 0.1) is 20.8 Å². The average molecular weight is 585 g/mol. The fourth-order valence-corrected chi connectivity index (χ4v) is 6.85. The quantitative estimate of drug-likeness (QED) is 0.194. The van der Waals surface area contributed by atoms with Crippen molar-refractivity contribution < 1.29 is 9.59 Å². The summed E-state index contributed by atoms with van der Waals surface area (Å²) in [5.74, 6) is -0.631. The van der Waals surface area contributed by atoms with Gasteiger partial charge in [0.2, 0.25) is 0 Å². The number of nitrogens with zero attached hydrogens (tertiary/aromatic N) is 4. The second-order valence-electron chi connectivity index (χ2n) is 11.6. The van der Waals surface area contributed by atoms with Crippen LogP contribution in [0.2, 0.25) is 0 Å². The van der Waals surface area contributed by atoms with E-state index < -0.39 is 0 Å². The van der Waals surface area contributed by atoms with E-state index in [1.54, 1.807) is 18.5 Å². The van der Waals surface area contributed by atoms with E-state index in [9.17, 15) is 9.59 Å². The highest BCUT2D eigenvalue weighted by atomic mass is 16.2. The molecule has 1 aliphatic heterocycles. The van der Waals surface area contributed by atoms with Crippen LogP contribution in [0.25, 0.3) is 50.0 Å². The van der Waals surface area contributed by atoms with Crippen LogP contribution in [-0.2, 0) is 0 Å². The topological polar surface area (TPSA) is 68.1 Å². The third-order valence-electron chi connectivity index (χ3n) is 8.68. The Kier molecular flexibility index (Phi) is 6.00. The van der Waals surface area contributed by atoms with Crippen molar-refractivity contribution in [1.82, 2.24) is 14.5 Å². The molecule has 6 heteroatoms. The van der Waals surface area contributed by atoms with E-state index in [1.165, 1.54) is 4.90 Å². The number of aryl methyl sites for hydroxylation is 3. The molecule has 0 radical (unpaired) electrons. The van der Waals surface area contributed by atoms with Crippen molar-refractivity contribution >= 4 is 39.3 Å². The molecule has 4 heterocycles. The minimum atomic E-state index is -0.322. The smallest absolute Gasteiger partial charge is 0.268 e. The molecule has 7 aromatic rings. The van der Waals surface area contributed by atoms with Crippen LogP contribution >= 0.6 is 0 Å². The molecule has 0 N–H and O–H groups in total. The fraction of sp³-hybridized carbons (Fsp3) is 0.0769. The van der Waals surface area contributed by atoms with Crippen LogP contribution in [0.15, 0.2) is 116 Å². The number of carbonyl (C=O) groups is 2. The molecule has 0 atom stereocenters. The molecule has 0 saturated heterocycles. The molecule has 0 aliphatic carbocycles. The molecule has 0 bridgehead atoms. The summed E-state index contributed by atoms with van der Waals surface area (Å²) in [5, 5.41) is 2.07. The number of benzene rings is 4. The van der Waals surface area contributed by atoms with Gasteiger partial charge < -0.3 is 4.57 Å². The summed E-state index contributed by atoms with van der Waals surface area (Å²) in [6.45, 7) is 5.92. The fourth-order valence-electron chi connectivity index (χ4n) is 6.85. The monoisotopic (exact) mass is 584 g/mol. The van der Waals surface area contributed by atoms with Crippen LogP contribution in [0.3, 0.4) is 0 Å². The van der Waals surface area contributed by atoms with Gasteiger partial charge in [0, 0.05) is 34.3 Å². The summed E-state index contributed by atoms with van der Waals surface area (Å²) < 4.78 is 2.12. The van der Waals surface area contributed by atoms with E-state index in [2.05, 4.69) is 50.9 Å². The number of carbonyl (C=O) groups excluding carboxylic acids is 2. The molecule has 0 saturated carbocycles. The van der Waals surface area contributed by atoms with E-state index in [-0.39, 0.29) is 11.8 Å². The molecular weight excluding hydrogens is 556 g/mol. The Morgan fingerprint density at radius 1 is 0.578 bits per heavy atom. The number of amides is 2. The van der Waals surface area contributed by atoms with Crippen LogP contribution in [0.4, 0.5) is 5.69 Å². The SMILES string of the molecule is Cc1cc(C)c(N2C(=O)c3cccc(-n4c5cc(-c6ccccn6)ccc5c5ccc(-c6ccccn6)cc54)c3C2=O)c(C)c1.